The molecule has 1 fully saturated rings. The zero-order chi connectivity index (χ0) is 23.0. The zero-order valence-corrected chi connectivity index (χ0v) is 19.3. The van der Waals surface area contributed by atoms with E-state index in [1.165, 1.54) is 5.56 Å². The fourth-order valence-corrected chi connectivity index (χ4v) is 3.93. The molecular formula is C26H31N3O4. The van der Waals surface area contributed by atoms with Crippen molar-refractivity contribution in [3.63, 3.8) is 0 Å². The molecule has 2 aromatic carbocycles. The molecule has 7 nitrogen and oxygen atoms in total. The quantitative estimate of drug-likeness (QED) is 0.539. The van der Waals surface area contributed by atoms with Crippen LogP contribution in [-0.2, 0) is 29.1 Å². The predicted molar refractivity (Wildman–Crippen MR) is 125 cm³/mol. The number of amides is 1. The normalized spacial score (nSPS) is 16.5. The van der Waals surface area contributed by atoms with Gasteiger partial charge in [-0.25, -0.2) is 0 Å². The van der Waals surface area contributed by atoms with Crippen molar-refractivity contribution in [3.8, 4) is 5.75 Å². The van der Waals surface area contributed by atoms with Gasteiger partial charge in [-0.05, 0) is 37.1 Å². The largest absolute Gasteiger partial charge is 0.489 e. The van der Waals surface area contributed by atoms with Gasteiger partial charge in [0.05, 0.1) is 30.4 Å². The first-order chi connectivity index (χ1) is 16.1. The van der Waals surface area contributed by atoms with E-state index in [-0.39, 0.29) is 12.0 Å². The summed E-state index contributed by atoms with van der Waals surface area (Å²) in [6, 6.07) is 18.0. The summed E-state index contributed by atoms with van der Waals surface area (Å²) in [5, 5.41) is 6.95. The van der Waals surface area contributed by atoms with Gasteiger partial charge in [0.2, 0.25) is 5.91 Å². The lowest BCUT2D eigenvalue weighted by molar-refractivity contribution is -0.121. The van der Waals surface area contributed by atoms with Gasteiger partial charge >= 0.3 is 0 Å². The molecule has 0 aliphatic carbocycles. The monoisotopic (exact) mass is 449 g/mol. The summed E-state index contributed by atoms with van der Waals surface area (Å²) in [7, 11) is 0. The Morgan fingerprint density at radius 3 is 2.64 bits per heavy atom. The van der Waals surface area contributed by atoms with Crippen molar-refractivity contribution in [2.45, 2.75) is 39.5 Å². The summed E-state index contributed by atoms with van der Waals surface area (Å²) in [5.74, 6) is 1.50. The van der Waals surface area contributed by atoms with Gasteiger partial charge < -0.3 is 19.3 Å². The number of ether oxygens (including phenoxy) is 2. The van der Waals surface area contributed by atoms with Gasteiger partial charge in [-0.2, -0.15) is 0 Å². The molecule has 174 valence electrons. The summed E-state index contributed by atoms with van der Waals surface area (Å²) in [6.07, 6.45) is 0.330. The van der Waals surface area contributed by atoms with Crippen molar-refractivity contribution in [2.24, 2.45) is 0 Å². The smallest absolute Gasteiger partial charge is 0.224 e. The van der Waals surface area contributed by atoms with Crippen molar-refractivity contribution in [1.29, 1.82) is 0 Å². The molecule has 1 amide bonds. The first kappa shape index (κ1) is 23.0. The predicted octanol–water partition coefficient (Wildman–Crippen LogP) is 3.43. The Hall–Kier alpha value is -3.16. The molecule has 1 aromatic heterocycles. The van der Waals surface area contributed by atoms with Crippen LogP contribution in [0.25, 0.3) is 0 Å². The number of aryl methyl sites for hydroxylation is 2. The molecule has 2 heterocycles. The van der Waals surface area contributed by atoms with Crippen LogP contribution in [0.1, 0.15) is 28.1 Å². The number of rotatable bonds is 9. The maximum absolute atomic E-state index is 12.4. The van der Waals surface area contributed by atoms with Crippen LogP contribution in [0.2, 0.25) is 0 Å². The molecular weight excluding hydrogens is 418 g/mol. The molecule has 3 aromatic rings. The molecule has 33 heavy (non-hydrogen) atoms. The lowest BCUT2D eigenvalue weighted by Gasteiger charge is -2.33. The van der Waals surface area contributed by atoms with Gasteiger partial charge in [0.15, 0.2) is 0 Å². The van der Waals surface area contributed by atoms with E-state index in [1.54, 1.807) is 0 Å². The summed E-state index contributed by atoms with van der Waals surface area (Å²) in [5.41, 5.74) is 4.03. The average molecular weight is 450 g/mol. The second-order valence-corrected chi connectivity index (χ2v) is 8.43. The maximum atomic E-state index is 12.4. The van der Waals surface area contributed by atoms with E-state index in [2.05, 4.69) is 39.6 Å². The number of morpholine rings is 1. The summed E-state index contributed by atoms with van der Waals surface area (Å²) >= 11 is 0. The minimum absolute atomic E-state index is 0.00603. The standard InChI is InChI=1S/C26H31N3O4/c1-19-25(20(2)33-28-19)18-32-23-10-8-21(9-11-23)14-26(30)27-15-24-17-29(12-13-31-24)16-22-6-4-3-5-7-22/h3-11,24H,12-18H2,1-2H3,(H,27,30)/t24-/m1/s1. The number of hydrogen-bond donors (Lipinski definition) is 1. The molecule has 1 N–H and O–H groups in total. The number of nitrogens with zero attached hydrogens (tertiary/aromatic N) is 2. The molecule has 1 aliphatic rings. The van der Waals surface area contributed by atoms with Gasteiger partial charge in [-0.15, -0.1) is 0 Å². The average Bonchev–Trinajstić information content (AvgIpc) is 3.15. The molecule has 0 saturated carbocycles. The second-order valence-electron chi connectivity index (χ2n) is 8.43. The van der Waals surface area contributed by atoms with Crippen molar-refractivity contribution < 1.29 is 18.8 Å². The highest BCUT2D eigenvalue weighted by molar-refractivity contribution is 5.78. The SMILES string of the molecule is Cc1noc(C)c1COc1ccc(CC(=O)NC[C@@H]2CN(Cc3ccccc3)CCO2)cc1. The minimum Gasteiger partial charge on any atom is -0.489 e. The van der Waals surface area contributed by atoms with Gasteiger partial charge in [-0.1, -0.05) is 47.6 Å². The second kappa shape index (κ2) is 11.1. The third-order valence-electron chi connectivity index (χ3n) is 5.85. The van der Waals surface area contributed by atoms with E-state index in [4.69, 9.17) is 14.0 Å². The van der Waals surface area contributed by atoms with E-state index in [0.717, 1.165) is 48.0 Å². The molecule has 1 atom stereocenters. The molecule has 0 bridgehead atoms. The molecule has 0 unspecified atom stereocenters. The third kappa shape index (κ3) is 6.66. The first-order valence-electron chi connectivity index (χ1n) is 11.3. The van der Waals surface area contributed by atoms with Crippen LogP contribution in [0, 0.1) is 13.8 Å². The summed E-state index contributed by atoms with van der Waals surface area (Å²) in [4.78, 5) is 14.8. The van der Waals surface area contributed by atoms with E-state index in [1.807, 2.05) is 44.2 Å². The van der Waals surface area contributed by atoms with E-state index in [9.17, 15) is 4.79 Å². The number of carbonyl (C=O) groups excluding carboxylic acids is 1. The Bertz CT molecular complexity index is 1010. The zero-order valence-electron chi connectivity index (χ0n) is 19.3. The summed E-state index contributed by atoms with van der Waals surface area (Å²) in [6.45, 7) is 8.00. The number of aromatic nitrogens is 1. The highest BCUT2D eigenvalue weighted by atomic mass is 16.5. The van der Waals surface area contributed by atoms with Crippen molar-refractivity contribution in [3.05, 3.63) is 82.7 Å². The Morgan fingerprint density at radius 2 is 1.91 bits per heavy atom. The van der Waals surface area contributed by atoms with Crippen LogP contribution in [0.5, 0.6) is 5.75 Å². The van der Waals surface area contributed by atoms with Crippen LogP contribution in [0.3, 0.4) is 0 Å². The number of nitrogens with one attached hydrogen (secondary N) is 1. The number of carbonyl (C=O) groups is 1. The molecule has 7 heteroatoms. The topological polar surface area (TPSA) is 76.8 Å². The van der Waals surface area contributed by atoms with Gasteiger partial charge in [0.25, 0.3) is 0 Å². The highest BCUT2D eigenvalue weighted by Gasteiger charge is 2.21. The van der Waals surface area contributed by atoms with Crippen molar-refractivity contribution >= 4 is 5.91 Å². The highest BCUT2D eigenvalue weighted by Crippen LogP contribution is 2.18. The van der Waals surface area contributed by atoms with Crippen LogP contribution < -0.4 is 10.1 Å². The van der Waals surface area contributed by atoms with Crippen LogP contribution >= 0.6 is 0 Å². The molecule has 1 aliphatic heterocycles. The Morgan fingerprint density at radius 1 is 1.12 bits per heavy atom. The van der Waals surface area contributed by atoms with Crippen molar-refractivity contribution in [1.82, 2.24) is 15.4 Å². The lowest BCUT2D eigenvalue weighted by Crippen LogP contribution is -2.47. The first-order valence-corrected chi connectivity index (χ1v) is 11.3. The van der Waals surface area contributed by atoms with Gasteiger partial charge in [0.1, 0.15) is 18.1 Å². The Labute approximate surface area is 194 Å². The fraction of sp³-hybridized carbons (Fsp3) is 0.385. The van der Waals surface area contributed by atoms with Crippen LogP contribution in [0.4, 0.5) is 0 Å². The van der Waals surface area contributed by atoms with E-state index < -0.39 is 0 Å². The van der Waals surface area contributed by atoms with E-state index in [0.29, 0.717) is 26.2 Å². The molecule has 0 spiro atoms. The minimum atomic E-state index is -0.0110. The molecule has 1 saturated heterocycles. The number of benzene rings is 2. The molecule has 0 radical (unpaired) electrons. The van der Waals surface area contributed by atoms with Gasteiger partial charge in [-0.3, -0.25) is 9.69 Å². The Kier molecular flexibility index (Phi) is 7.75. The summed E-state index contributed by atoms with van der Waals surface area (Å²) < 4.78 is 16.8. The van der Waals surface area contributed by atoms with Crippen LogP contribution in [0.15, 0.2) is 59.1 Å². The molecule has 4 rings (SSSR count). The van der Waals surface area contributed by atoms with E-state index >= 15 is 0 Å². The number of hydrogen-bond acceptors (Lipinski definition) is 6. The van der Waals surface area contributed by atoms with Crippen molar-refractivity contribution in [2.75, 3.05) is 26.2 Å². The van der Waals surface area contributed by atoms with Gasteiger partial charge in [0, 0.05) is 26.2 Å². The third-order valence-corrected chi connectivity index (χ3v) is 5.85. The Balaban J connectivity index is 1.19. The van der Waals surface area contributed by atoms with Crippen LogP contribution in [-0.4, -0.2) is 48.3 Å². The fourth-order valence-electron chi connectivity index (χ4n) is 3.93. The maximum Gasteiger partial charge on any atom is 0.224 e. The lowest BCUT2D eigenvalue weighted by atomic mass is 10.1.